The Morgan fingerprint density at radius 3 is 3.00 bits per heavy atom. The SMILES string of the molecule is CN1CCC(CC2OCC(CC(=O)O)O2)C1. The van der Waals surface area contributed by atoms with E-state index in [0.717, 1.165) is 19.5 Å². The van der Waals surface area contributed by atoms with E-state index in [1.807, 2.05) is 0 Å². The molecule has 2 aliphatic heterocycles. The predicted octanol–water partition coefficient (Wildman–Crippen LogP) is 0.544. The zero-order valence-corrected chi connectivity index (χ0v) is 9.59. The van der Waals surface area contributed by atoms with Crippen molar-refractivity contribution in [2.24, 2.45) is 5.92 Å². The summed E-state index contributed by atoms with van der Waals surface area (Å²) in [4.78, 5) is 12.8. The fourth-order valence-electron chi connectivity index (χ4n) is 2.42. The minimum atomic E-state index is -0.824. The minimum absolute atomic E-state index is 0.0427. The summed E-state index contributed by atoms with van der Waals surface area (Å²) in [6, 6.07) is 0. The van der Waals surface area contributed by atoms with Crippen LogP contribution < -0.4 is 0 Å². The fourth-order valence-corrected chi connectivity index (χ4v) is 2.42. The summed E-state index contributed by atoms with van der Waals surface area (Å²) in [6.45, 7) is 2.64. The normalized spacial score (nSPS) is 35.7. The van der Waals surface area contributed by atoms with Crippen molar-refractivity contribution in [2.75, 3.05) is 26.7 Å². The van der Waals surface area contributed by atoms with Crippen LogP contribution in [0.4, 0.5) is 0 Å². The second-order valence-corrected chi connectivity index (χ2v) is 4.77. The maximum absolute atomic E-state index is 10.5. The van der Waals surface area contributed by atoms with Gasteiger partial charge in [0.2, 0.25) is 0 Å². The van der Waals surface area contributed by atoms with Crippen LogP contribution in [0.2, 0.25) is 0 Å². The first-order valence-electron chi connectivity index (χ1n) is 5.81. The summed E-state index contributed by atoms with van der Waals surface area (Å²) >= 11 is 0. The highest BCUT2D eigenvalue weighted by Gasteiger charge is 2.31. The number of aliphatic carboxylic acids is 1. The third-order valence-electron chi connectivity index (χ3n) is 3.23. The van der Waals surface area contributed by atoms with Crippen LogP contribution in [0, 0.1) is 5.92 Å². The van der Waals surface area contributed by atoms with E-state index < -0.39 is 5.97 Å². The van der Waals surface area contributed by atoms with Crippen LogP contribution in [0.3, 0.4) is 0 Å². The van der Waals surface area contributed by atoms with Gasteiger partial charge in [-0.2, -0.15) is 0 Å². The Morgan fingerprint density at radius 2 is 2.38 bits per heavy atom. The van der Waals surface area contributed by atoms with Gasteiger partial charge in [-0.3, -0.25) is 4.79 Å². The maximum atomic E-state index is 10.5. The molecule has 0 saturated carbocycles. The topological polar surface area (TPSA) is 59.0 Å². The Hall–Kier alpha value is -0.650. The van der Waals surface area contributed by atoms with Crippen molar-refractivity contribution in [1.29, 1.82) is 0 Å². The smallest absolute Gasteiger partial charge is 0.306 e. The summed E-state index contributed by atoms with van der Waals surface area (Å²) in [5.41, 5.74) is 0. The van der Waals surface area contributed by atoms with Crippen molar-refractivity contribution in [3.8, 4) is 0 Å². The van der Waals surface area contributed by atoms with Crippen molar-refractivity contribution in [3.05, 3.63) is 0 Å². The molecule has 0 aromatic rings. The van der Waals surface area contributed by atoms with Crippen LogP contribution in [-0.4, -0.2) is 55.1 Å². The van der Waals surface area contributed by atoms with Crippen molar-refractivity contribution in [2.45, 2.75) is 31.7 Å². The predicted molar refractivity (Wildman–Crippen MR) is 57.1 cm³/mol. The molecule has 2 rings (SSSR count). The lowest BCUT2D eigenvalue weighted by atomic mass is 10.1. The van der Waals surface area contributed by atoms with Gasteiger partial charge in [-0.05, 0) is 25.9 Å². The third-order valence-corrected chi connectivity index (χ3v) is 3.23. The van der Waals surface area contributed by atoms with Crippen LogP contribution in [0.25, 0.3) is 0 Å². The van der Waals surface area contributed by atoms with E-state index in [1.165, 1.54) is 6.42 Å². The molecule has 0 aromatic heterocycles. The Kier molecular flexibility index (Phi) is 3.78. The molecule has 3 atom stereocenters. The molecule has 1 N–H and O–H groups in total. The average molecular weight is 229 g/mol. The largest absolute Gasteiger partial charge is 0.481 e. The van der Waals surface area contributed by atoms with Gasteiger partial charge in [-0.15, -0.1) is 0 Å². The zero-order chi connectivity index (χ0) is 11.5. The van der Waals surface area contributed by atoms with E-state index in [2.05, 4.69) is 11.9 Å². The molecule has 2 fully saturated rings. The molecule has 2 saturated heterocycles. The maximum Gasteiger partial charge on any atom is 0.306 e. The van der Waals surface area contributed by atoms with E-state index in [-0.39, 0.29) is 18.8 Å². The number of nitrogens with zero attached hydrogens (tertiary/aromatic N) is 1. The van der Waals surface area contributed by atoms with Crippen molar-refractivity contribution >= 4 is 5.97 Å². The first kappa shape index (κ1) is 11.8. The summed E-state index contributed by atoms with van der Waals surface area (Å²) < 4.78 is 11.0. The third kappa shape index (κ3) is 3.17. The van der Waals surface area contributed by atoms with Crippen LogP contribution in [0.15, 0.2) is 0 Å². The van der Waals surface area contributed by atoms with Gasteiger partial charge in [-0.1, -0.05) is 0 Å². The highest BCUT2D eigenvalue weighted by atomic mass is 16.7. The van der Waals surface area contributed by atoms with Gasteiger partial charge in [0.15, 0.2) is 6.29 Å². The number of hydrogen-bond donors (Lipinski definition) is 1. The Labute approximate surface area is 95.3 Å². The molecule has 2 heterocycles. The molecule has 0 amide bonds. The van der Waals surface area contributed by atoms with Gasteiger partial charge in [0.25, 0.3) is 0 Å². The summed E-state index contributed by atoms with van der Waals surface area (Å²) in [5, 5.41) is 8.64. The molecule has 0 aliphatic carbocycles. The number of likely N-dealkylation sites (tertiary alicyclic amines) is 1. The van der Waals surface area contributed by atoms with Gasteiger partial charge in [0.1, 0.15) is 0 Å². The van der Waals surface area contributed by atoms with E-state index in [9.17, 15) is 4.79 Å². The molecular weight excluding hydrogens is 210 g/mol. The van der Waals surface area contributed by atoms with Gasteiger partial charge in [0, 0.05) is 13.0 Å². The van der Waals surface area contributed by atoms with Crippen molar-refractivity contribution in [3.63, 3.8) is 0 Å². The summed E-state index contributed by atoms with van der Waals surface area (Å²) in [6.07, 6.45) is 1.66. The molecule has 5 heteroatoms. The fraction of sp³-hybridized carbons (Fsp3) is 0.909. The van der Waals surface area contributed by atoms with Gasteiger partial charge in [-0.25, -0.2) is 0 Å². The second kappa shape index (κ2) is 5.12. The molecular formula is C11H19NO4. The van der Waals surface area contributed by atoms with Crippen LogP contribution in [0.5, 0.6) is 0 Å². The molecule has 0 bridgehead atoms. The highest BCUT2D eigenvalue weighted by molar-refractivity contribution is 5.67. The quantitative estimate of drug-likeness (QED) is 0.762. The van der Waals surface area contributed by atoms with Gasteiger partial charge < -0.3 is 19.5 Å². The molecule has 0 aromatic carbocycles. The Bertz CT molecular complexity index is 258. The monoisotopic (exact) mass is 229 g/mol. The van der Waals surface area contributed by atoms with Crippen molar-refractivity contribution < 1.29 is 19.4 Å². The summed E-state index contributed by atoms with van der Waals surface area (Å²) in [7, 11) is 2.11. The van der Waals surface area contributed by atoms with Crippen molar-refractivity contribution in [1.82, 2.24) is 4.90 Å². The number of carbonyl (C=O) groups is 1. The standard InChI is InChI=1S/C11H19NO4/c1-12-3-2-8(6-12)4-11-15-7-9(16-11)5-10(13)14/h8-9,11H,2-7H2,1H3,(H,13,14). The number of ether oxygens (including phenoxy) is 2. The zero-order valence-electron chi connectivity index (χ0n) is 9.59. The number of carboxylic acid groups (broad SMARTS) is 1. The van der Waals surface area contributed by atoms with Gasteiger partial charge >= 0.3 is 5.97 Å². The summed E-state index contributed by atoms with van der Waals surface area (Å²) in [5.74, 6) is -0.201. The lowest BCUT2D eigenvalue weighted by molar-refractivity contribution is -0.140. The molecule has 5 nitrogen and oxygen atoms in total. The van der Waals surface area contributed by atoms with Crippen LogP contribution in [0.1, 0.15) is 19.3 Å². The molecule has 92 valence electrons. The number of carboxylic acids is 1. The molecule has 2 aliphatic rings. The van der Waals surface area contributed by atoms with Crippen LogP contribution >= 0.6 is 0 Å². The molecule has 16 heavy (non-hydrogen) atoms. The van der Waals surface area contributed by atoms with Crippen LogP contribution in [-0.2, 0) is 14.3 Å². The first-order chi connectivity index (χ1) is 7.63. The van der Waals surface area contributed by atoms with E-state index in [4.69, 9.17) is 14.6 Å². The number of hydrogen-bond acceptors (Lipinski definition) is 4. The number of rotatable bonds is 4. The average Bonchev–Trinajstić information content (AvgIpc) is 2.76. The Morgan fingerprint density at radius 1 is 1.56 bits per heavy atom. The van der Waals surface area contributed by atoms with E-state index >= 15 is 0 Å². The van der Waals surface area contributed by atoms with E-state index in [0.29, 0.717) is 12.5 Å². The van der Waals surface area contributed by atoms with Gasteiger partial charge in [0.05, 0.1) is 19.1 Å². The molecule has 0 radical (unpaired) electrons. The first-order valence-corrected chi connectivity index (χ1v) is 5.81. The van der Waals surface area contributed by atoms with E-state index in [1.54, 1.807) is 0 Å². The molecule has 3 unspecified atom stereocenters. The lowest BCUT2D eigenvalue weighted by Gasteiger charge is -2.15. The minimum Gasteiger partial charge on any atom is -0.481 e. The molecule has 0 spiro atoms. The second-order valence-electron chi connectivity index (χ2n) is 4.77. The Balaban J connectivity index is 1.70. The lowest BCUT2D eigenvalue weighted by Crippen LogP contribution is -2.20. The highest BCUT2D eigenvalue weighted by Crippen LogP contribution is 2.25.